The van der Waals surface area contributed by atoms with Crippen LogP contribution in [0.15, 0.2) is 84.9 Å². The number of alkyl carbamates (subject to hydrolysis) is 1. The average molecular weight is 659 g/mol. The van der Waals surface area contributed by atoms with Crippen LogP contribution in [0.2, 0.25) is 0 Å². The van der Waals surface area contributed by atoms with Crippen molar-refractivity contribution in [3.63, 3.8) is 0 Å². The van der Waals surface area contributed by atoms with Crippen LogP contribution in [0.4, 0.5) is 4.79 Å². The van der Waals surface area contributed by atoms with Gasteiger partial charge in [0.25, 0.3) is 0 Å². The van der Waals surface area contributed by atoms with E-state index >= 15 is 0 Å². The van der Waals surface area contributed by atoms with Gasteiger partial charge in [-0.2, -0.15) is 0 Å². The van der Waals surface area contributed by atoms with E-state index in [1.54, 1.807) is 12.0 Å². The normalized spacial score (nSPS) is 18.4. The number of aliphatic hydroxyl groups excluding tert-OH is 1. The van der Waals surface area contributed by atoms with Crippen LogP contribution in [-0.2, 0) is 33.7 Å². The van der Waals surface area contributed by atoms with Crippen molar-refractivity contribution >= 4 is 17.9 Å². The lowest BCUT2D eigenvalue weighted by Crippen LogP contribution is -2.61. The quantitative estimate of drug-likeness (QED) is 0.171. The summed E-state index contributed by atoms with van der Waals surface area (Å²) < 4.78 is 10.2. The second-order valence-electron chi connectivity index (χ2n) is 12.5. The minimum Gasteiger partial charge on any atom is -0.497 e. The maximum Gasteiger partial charge on any atom is 0.407 e. The highest BCUT2D eigenvalue weighted by molar-refractivity contribution is 5.96. The first kappa shape index (κ1) is 36.4. The van der Waals surface area contributed by atoms with Gasteiger partial charge >= 0.3 is 6.09 Å². The first-order valence-electron chi connectivity index (χ1n) is 16.8. The highest BCUT2D eigenvalue weighted by atomic mass is 16.5. The van der Waals surface area contributed by atoms with Crippen molar-refractivity contribution in [3.8, 4) is 5.75 Å². The molecule has 4 rings (SSSR count). The third kappa shape index (κ3) is 9.35. The zero-order valence-corrected chi connectivity index (χ0v) is 28.5. The van der Waals surface area contributed by atoms with Crippen LogP contribution < -0.4 is 20.7 Å². The summed E-state index contributed by atoms with van der Waals surface area (Å²) in [5.74, 6) is -0.0721. The van der Waals surface area contributed by atoms with E-state index in [0.29, 0.717) is 45.2 Å². The Hall–Kier alpha value is -4.41. The molecular weight excluding hydrogens is 608 g/mol. The first-order chi connectivity index (χ1) is 23.2. The van der Waals surface area contributed by atoms with Gasteiger partial charge in [0.1, 0.15) is 17.3 Å². The molecule has 3 amide bonds. The molecule has 0 bridgehead atoms. The Labute approximate surface area is 284 Å². The minimum atomic E-state index is -1.18. The fourth-order valence-corrected chi connectivity index (χ4v) is 6.43. The number of likely N-dealkylation sites (tertiary alicyclic amines) is 1. The lowest BCUT2D eigenvalue weighted by molar-refractivity contribution is -0.142. The lowest BCUT2D eigenvalue weighted by atomic mass is 9.82. The number of benzene rings is 3. The molecule has 0 aliphatic carbocycles. The van der Waals surface area contributed by atoms with Crippen LogP contribution in [0, 0.1) is 5.92 Å². The molecule has 3 aromatic carbocycles. The van der Waals surface area contributed by atoms with Crippen LogP contribution >= 0.6 is 0 Å². The second-order valence-corrected chi connectivity index (χ2v) is 12.5. The van der Waals surface area contributed by atoms with Crippen molar-refractivity contribution in [2.45, 2.75) is 76.2 Å². The predicted molar refractivity (Wildman–Crippen MR) is 185 cm³/mol. The number of amides is 3. The molecule has 0 aromatic heterocycles. The number of hydrogen-bond acceptors (Lipinski definition) is 7. The van der Waals surface area contributed by atoms with E-state index in [0.717, 1.165) is 22.4 Å². The number of aryl methyl sites for hydroxylation is 1. The molecule has 1 fully saturated rings. The molecular formula is C38H50N4O6. The lowest BCUT2D eigenvalue weighted by Gasteiger charge is -2.36. The monoisotopic (exact) mass is 658 g/mol. The molecule has 258 valence electrons. The summed E-state index contributed by atoms with van der Waals surface area (Å²) in [7, 11) is 2.90. The highest BCUT2D eigenvalue weighted by Crippen LogP contribution is 2.34. The predicted octanol–water partition coefficient (Wildman–Crippen LogP) is 4.25. The number of aliphatic hydroxyl groups is 1. The van der Waals surface area contributed by atoms with Crippen molar-refractivity contribution in [1.29, 1.82) is 0 Å². The molecule has 1 aliphatic rings. The summed E-state index contributed by atoms with van der Waals surface area (Å²) in [5, 5.41) is 20.8. The summed E-state index contributed by atoms with van der Waals surface area (Å²) in [4.78, 5) is 42.7. The Kier molecular flexibility index (Phi) is 13.4. The number of methoxy groups -OCH3 is 2. The molecule has 1 heterocycles. The molecule has 0 radical (unpaired) electrons. The molecule has 4 N–H and O–H groups in total. The maximum atomic E-state index is 14.3. The Morgan fingerprint density at radius 2 is 1.62 bits per heavy atom. The van der Waals surface area contributed by atoms with Crippen molar-refractivity contribution in [1.82, 2.24) is 20.9 Å². The van der Waals surface area contributed by atoms with Crippen LogP contribution in [-0.4, -0.2) is 78.9 Å². The topological polar surface area (TPSA) is 129 Å². The van der Waals surface area contributed by atoms with Gasteiger partial charge in [-0.15, -0.1) is 0 Å². The van der Waals surface area contributed by atoms with E-state index < -0.39 is 29.8 Å². The molecule has 10 nitrogen and oxygen atoms in total. The minimum absolute atomic E-state index is 0.185. The van der Waals surface area contributed by atoms with E-state index in [2.05, 4.69) is 16.0 Å². The zero-order chi connectivity index (χ0) is 34.5. The van der Waals surface area contributed by atoms with Crippen molar-refractivity contribution in [3.05, 3.63) is 102 Å². The fourth-order valence-electron chi connectivity index (χ4n) is 6.43. The zero-order valence-electron chi connectivity index (χ0n) is 28.5. The molecule has 1 unspecified atom stereocenters. The van der Waals surface area contributed by atoms with Crippen LogP contribution in [0.25, 0.3) is 0 Å². The summed E-state index contributed by atoms with van der Waals surface area (Å²) in [6, 6.07) is 25.8. The summed E-state index contributed by atoms with van der Waals surface area (Å²) in [6.45, 7) is 4.94. The maximum absolute atomic E-state index is 14.3. The molecule has 1 aliphatic heterocycles. The Morgan fingerprint density at radius 1 is 0.958 bits per heavy atom. The van der Waals surface area contributed by atoms with Crippen LogP contribution in [0.5, 0.6) is 5.75 Å². The molecule has 3 aromatic rings. The van der Waals surface area contributed by atoms with Crippen molar-refractivity contribution in [2.75, 3.05) is 27.3 Å². The number of carbonyl (C=O) groups excluding carboxylic acids is 3. The number of nitrogens with one attached hydrogen (secondary N) is 3. The summed E-state index contributed by atoms with van der Waals surface area (Å²) in [6.07, 6.45) is 0.741. The molecule has 0 saturated carbocycles. The molecule has 10 heteroatoms. The van der Waals surface area contributed by atoms with Gasteiger partial charge < -0.3 is 35.4 Å². The third-order valence-corrected chi connectivity index (χ3v) is 9.49. The largest absolute Gasteiger partial charge is 0.497 e. The molecule has 0 spiro atoms. The average Bonchev–Trinajstić information content (AvgIpc) is 3.44. The van der Waals surface area contributed by atoms with Gasteiger partial charge in [0.05, 0.1) is 26.4 Å². The number of nitrogens with zero attached hydrogens (tertiary/aromatic N) is 1. The van der Waals surface area contributed by atoms with Gasteiger partial charge in [-0.1, -0.05) is 93.1 Å². The summed E-state index contributed by atoms with van der Waals surface area (Å²) >= 11 is 0. The molecule has 5 atom stereocenters. The SMILES string of the molecule is CCC(C)[C@@]1(NC(=O)OC)CCN([C@@H](CCc2ccccc2)C(=O)N[C@@H](Cc2ccccc2)[C@H](O)CNCc2cccc(OC)c2)C1=O. The van der Waals surface area contributed by atoms with Crippen molar-refractivity contribution in [2.24, 2.45) is 5.92 Å². The highest BCUT2D eigenvalue weighted by Gasteiger charge is 2.53. The molecule has 48 heavy (non-hydrogen) atoms. The number of hydrogen-bond donors (Lipinski definition) is 4. The van der Waals surface area contributed by atoms with E-state index in [1.807, 2.05) is 98.8 Å². The Morgan fingerprint density at radius 3 is 2.27 bits per heavy atom. The van der Waals surface area contributed by atoms with Gasteiger partial charge in [0.2, 0.25) is 11.8 Å². The van der Waals surface area contributed by atoms with Gasteiger partial charge in [-0.3, -0.25) is 9.59 Å². The first-order valence-corrected chi connectivity index (χ1v) is 16.8. The Balaban J connectivity index is 1.57. The van der Waals surface area contributed by atoms with Gasteiger partial charge in [-0.25, -0.2) is 4.79 Å². The smallest absolute Gasteiger partial charge is 0.407 e. The van der Waals surface area contributed by atoms with Gasteiger partial charge in [0, 0.05) is 19.6 Å². The second kappa shape index (κ2) is 17.7. The molecule has 1 saturated heterocycles. The Bertz CT molecular complexity index is 1470. The van der Waals surface area contributed by atoms with Gasteiger partial charge in [0.15, 0.2) is 0 Å². The fraction of sp³-hybridized carbons (Fsp3) is 0.447. The van der Waals surface area contributed by atoms with E-state index in [9.17, 15) is 19.5 Å². The van der Waals surface area contributed by atoms with Crippen LogP contribution in [0.1, 0.15) is 49.8 Å². The van der Waals surface area contributed by atoms with Crippen LogP contribution in [0.3, 0.4) is 0 Å². The van der Waals surface area contributed by atoms with E-state index in [1.165, 1.54) is 7.11 Å². The standard InChI is InChI=1S/C38H50N4O6/c1-5-27(2)38(41-37(46)48-4)21-22-42(36(38)45)33(20-19-28-13-8-6-9-14-28)35(44)40-32(24-29-15-10-7-11-16-29)34(43)26-39-25-30-17-12-18-31(23-30)47-3/h6-18,23,27,32-34,39,43H,5,19-22,24-26H2,1-4H3,(H,40,44)(H,41,46)/t27?,32-,33-,34+,38-/m0/s1. The number of rotatable bonds is 17. The number of carbonyl (C=O) groups is 3. The van der Waals surface area contributed by atoms with E-state index in [-0.39, 0.29) is 24.3 Å². The third-order valence-electron chi connectivity index (χ3n) is 9.49. The summed E-state index contributed by atoms with van der Waals surface area (Å²) in [5.41, 5.74) is 1.83. The van der Waals surface area contributed by atoms with E-state index in [4.69, 9.17) is 9.47 Å². The van der Waals surface area contributed by atoms with Crippen molar-refractivity contribution < 1.29 is 29.0 Å². The van der Waals surface area contributed by atoms with Gasteiger partial charge in [-0.05, 0) is 60.4 Å². The number of ether oxygens (including phenoxy) is 2.